The molecule has 0 aliphatic rings. The van der Waals surface area contributed by atoms with E-state index in [1.807, 2.05) is 60.7 Å². The summed E-state index contributed by atoms with van der Waals surface area (Å²) < 4.78 is 42.2. The summed E-state index contributed by atoms with van der Waals surface area (Å²) in [5, 5.41) is 3.46. The predicted octanol–water partition coefficient (Wildman–Crippen LogP) is 5.88. The number of fused-ring (bicyclic) bond motifs is 2. The summed E-state index contributed by atoms with van der Waals surface area (Å²) in [7, 11) is 0. The summed E-state index contributed by atoms with van der Waals surface area (Å²) >= 11 is 0. The Labute approximate surface area is 254 Å². The fourth-order valence-electron chi connectivity index (χ4n) is 4.92. The van der Waals surface area contributed by atoms with Gasteiger partial charge in [-0.1, -0.05) is 66.7 Å². The molecule has 4 N–H and O–H groups in total. The Kier molecular flexibility index (Phi) is 7.97. The molecule has 0 saturated carbocycles. The zero-order chi connectivity index (χ0) is 31.6. The fraction of sp³-hybridized carbons (Fsp3) is 0.121. The Balaban J connectivity index is 1.29. The highest BCUT2D eigenvalue weighted by atomic mass is 19.4. The first-order chi connectivity index (χ1) is 21.7. The van der Waals surface area contributed by atoms with Crippen molar-refractivity contribution < 1.29 is 27.5 Å². The number of H-pyrrole nitrogens is 1. The monoisotopic (exact) mass is 610 g/mol. The van der Waals surface area contributed by atoms with E-state index in [1.54, 1.807) is 18.2 Å². The van der Waals surface area contributed by atoms with Crippen molar-refractivity contribution in [2.24, 2.45) is 5.73 Å². The van der Waals surface area contributed by atoms with Crippen LogP contribution in [-0.2, 0) is 16.0 Å². The molecule has 1 amide bonds. The lowest BCUT2D eigenvalue weighted by molar-refractivity contribution is -0.205. The quantitative estimate of drug-likeness (QED) is 0.145. The third-order valence-corrected chi connectivity index (χ3v) is 7.11. The Bertz CT molecular complexity index is 1980. The van der Waals surface area contributed by atoms with E-state index in [2.05, 4.69) is 25.0 Å². The minimum atomic E-state index is -5.16. The smallest absolute Gasteiger partial charge is 0.436 e. The second-order valence-corrected chi connectivity index (χ2v) is 10.1. The van der Waals surface area contributed by atoms with Crippen molar-refractivity contribution in [3.05, 3.63) is 114 Å². The van der Waals surface area contributed by atoms with Gasteiger partial charge in [0.15, 0.2) is 6.23 Å². The van der Waals surface area contributed by atoms with E-state index in [4.69, 9.17) is 10.7 Å². The molecule has 226 valence electrons. The standard InChI is InChI=1S/C33H25F3N6O3/c34-33(35,36)32(44)45-30(37)21-12-10-20(11-13-21)28-22(19-6-2-1-3-7-19)18-23-24(42-28)14-16-38-29(23)31(43)39-17-15-27-40-25-8-4-5-9-26(25)41-27/h1-14,16,18,30H,15,17,37H2,(H,39,43)(H,40,41). The first-order valence-corrected chi connectivity index (χ1v) is 13.9. The molecule has 0 aliphatic heterocycles. The van der Waals surface area contributed by atoms with Crippen molar-refractivity contribution in [3.8, 4) is 22.4 Å². The molecule has 6 rings (SSSR count). The van der Waals surface area contributed by atoms with Crippen LogP contribution in [0.1, 0.15) is 28.1 Å². The van der Waals surface area contributed by atoms with Crippen LogP contribution in [0.4, 0.5) is 13.2 Å². The first kappa shape index (κ1) is 29.5. The number of alkyl halides is 3. The van der Waals surface area contributed by atoms with E-state index in [0.29, 0.717) is 40.7 Å². The molecule has 3 heterocycles. The van der Waals surface area contributed by atoms with E-state index in [-0.39, 0.29) is 17.2 Å². The maximum absolute atomic E-state index is 13.3. The van der Waals surface area contributed by atoms with Gasteiger partial charge >= 0.3 is 12.1 Å². The van der Waals surface area contributed by atoms with Crippen LogP contribution in [0.2, 0.25) is 0 Å². The summed E-state index contributed by atoms with van der Waals surface area (Å²) in [6.45, 7) is 0.334. The van der Waals surface area contributed by atoms with Crippen molar-refractivity contribution in [1.29, 1.82) is 0 Å². The molecule has 0 fully saturated rings. The van der Waals surface area contributed by atoms with Crippen molar-refractivity contribution in [1.82, 2.24) is 25.3 Å². The van der Waals surface area contributed by atoms with Gasteiger partial charge in [-0.25, -0.2) is 14.8 Å². The first-order valence-electron chi connectivity index (χ1n) is 13.9. The van der Waals surface area contributed by atoms with Gasteiger partial charge in [-0.2, -0.15) is 13.2 Å². The number of hydrogen-bond donors (Lipinski definition) is 3. The number of imidazole rings is 1. The highest BCUT2D eigenvalue weighted by Gasteiger charge is 2.42. The zero-order valence-electron chi connectivity index (χ0n) is 23.5. The average Bonchev–Trinajstić information content (AvgIpc) is 3.46. The Morgan fingerprint density at radius 2 is 1.62 bits per heavy atom. The van der Waals surface area contributed by atoms with E-state index in [9.17, 15) is 22.8 Å². The number of amides is 1. The molecule has 0 spiro atoms. The SMILES string of the molecule is NC(OC(=O)C(F)(F)F)c1ccc(-c2nc3ccnc(C(=O)NCCc4nc5ccccc5[nH]4)c3cc2-c2ccccc2)cc1. The van der Waals surface area contributed by atoms with Crippen LogP contribution in [-0.4, -0.2) is 44.5 Å². The van der Waals surface area contributed by atoms with E-state index >= 15 is 0 Å². The van der Waals surface area contributed by atoms with Gasteiger partial charge in [-0.05, 0) is 29.8 Å². The van der Waals surface area contributed by atoms with Crippen molar-refractivity contribution in [3.63, 3.8) is 0 Å². The minimum absolute atomic E-state index is 0.171. The zero-order valence-corrected chi connectivity index (χ0v) is 23.5. The van der Waals surface area contributed by atoms with E-state index in [0.717, 1.165) is 22.4 Å². The van der Waals surface area contributed by atoms with E-state index in [1.165, 1.54) is 18.3 Å². The van der Waals surface area contributed by atoms with Gasteiger partial charge in [0.1, 0.15) is 11.5 Å². The third-order valence-electron chi connectivity index (χ3n) is 7.11. The molecule has 6 aromatic rings. The van der Waals surface area contributed by atoms with Gasteiger partial charge in [0, 0.05) is 41.2 Å². The number of pyridine rings is 2. The number of para-hydroxylation sites is 2. The van der Waals surface area contributed by atoms with Crippen LogP contribution < -0.4 is 11.1 Å². The van der Waals surface area contributed by atoms with Crippen LogP contribution in [0, 0.1) is 0 Å². The molecular weight excluding hydrogens is 585 g/mol. The van der Waals surface area contributed by atoms with Crippen molar-refractivity contribution in [2.75, 3.05) is 6.54 Å². The number of aromatic amines is 1. The molecular formula is C33H25F3N6O3. The number of carbonyl (C=O) groups is 2. The number of rotatable bonds is 8. The predicted molar refractivity (Wildman–Crippen MR) is 162 cm³/mol. The van der Waals surface area contributed by atoms with Crippen LogP contribution >= 0.6 is 0 Å². The van der Waals surface area contributed by atoms with Crippen molar-refractivity contribution >= 4 is 33.8 Å². The molecule has 0 radical (unpaired) electrons. The highest BCUT2D eigenvalue weighted by Crippen LogP contribution is 2.34. The third kappa shape index (κ3) is 6.36. The molecule has 0 aliphatic carbocycles. The maximum atomic E-state index is 13.3. The topological polar surface area (TPSA) is 136 Å². The van der Waals surface area contributed by atoms with Gasteiger partial charge < -0.3 is 15.0 Å². The lowest BCUT2D eigenvalue weighted by Crippen LogP contribution is -2.29. The molecule has 9 nitrogen and oxygen atoms in total. The Morgan fingerprint density at radius 1 is 0.889 bits per heavy atom. The second-order valence-electron chi connectivity index (χ2n) is 10.1. The van der Waals surface area contributed by atoms with Gasteiger partial charge in [-0.3, -0.25) is 15.5 Å². The van der Waals surface area contributed by atoms with Crippen LogP contribution in [0.15, 0.2) is 97.2 Å². The largest absolute Gasteiger partial charge is 0.490 e. The summed E-state index contributed by atoms with van der Waals surface area (Å²) in [4.78, 5) is 41.6. The van der Waals surface area contributed by atoms with Gasteiger partial charge in [0.25, 0.3) is 5.91 Å². The maximum Gasteiger partial charge on any atom is 0.490 e. The van der Waals surface area contributed by atoms with Crippen molar-refractivity contribution in [2.45, 2.75) is 18.8 Å². The number of halogens is 3. The number of nitrogens with zero attached hydrogens (tertiary/aromatic N) is 3. The summed E-state index contributed by atoms with van der Waals surface area (Å²) in [5.74, 6) is -1.98. The molecule has 3 aromatic heterocycles. The number of nitrogens with two attached hydrogens (primary N) is 1. The normalized spacial score (nSPS) is 12.3. The molecule has 0 bridgehead atoms. The molecule has 1 unspecified atom stereocenters. The Morgan fingerprint density at radius 3 is 2.36 bits per heavy atom. The number of ether oxygens (including phenoxy) is 1. The van der Waals surface area contributed by atoms with Crippen LogP contribution in [0.3, 0.4) is 0 Å². The molecule has 12 heteroatoms. The number of carbonyl (C=O) groups excluding carboxylic acids is 2. The Hall–Kier alpha value is -5.62. The molecule has 3 aromatic carbocycles. The lowest BCUT2D eigenvalue weighted by atomic mass is 9.96. The minimum Gasteiger partial charge on any atom is -0.436 e. The summed E-state index contributed by atoms with van der Waals surface area (Å²) in [6, 6.07) is 26.8. The lowest BCUT2D eigenvalue weighted by Gasteiger charge is -2.16. The molecule has 1 atom stereocenters. The van der Waals surface area contributed by atoms with E-state index < -0.39 is 18.4 Å². The number of hydrogen-bond acceptors (Lipinski definition) is 7. The molecule has 0 saturated heterocycles. The fourth-order valence-corrected chi connectivity index (χ4v) is 4.92. The number of esters is 1. The van der Waals surface area contributed by atoms with Crippen LogP contribution in [0.25, 0.3) is 44.3 Å². The summed E-state index contributed by atoms with van der Waals surface area (Å²) in [6.07, 6.45) is -4.76. The number of benzene rings is 3. The van der Waals surface area contributed by atoms with Gasteiger partial charge in [0.05, 0.1) is 22.2 Å². The highest BCUT2D eigenvalue weighted by molar-refractivity contribution is 6.06. The number of aromatic nitrogens is 4. The second kappa shape index (κ2) is 12.2. The average molecular weight is 611 g/mol. The van der Waals surface area contributed by atoms with Gasteiger partial charge in [-0.15, -0.1) is 0 Å². The summed E-state index contributed by atoms with van der Waals surface area (Å²) in [5.41, 5.74) is 11.1. The van der Waals surface area contributed by atoms with Crippen LogP contribution in [0.5, 0.6) is 0 Å². The van der Waals surface area contributed by atoms with Gasteiger partial charge in [0.2, 0.25) is 0 Å². The molecule has 45 heavy (non-hydrogen) atoms. The number of nitrogens with one attached hydrogen (secondary N) is 2.